The smallest absolute Gasteiger partial charge is 0.408 e. The van der Waals surface area contributed by atoms with Crippen LogP contribution in [0.1, 0.15) is 25.7 Å². The van der Waals surface area contributed by atoms with Gasteiger partial charge in [0.05, 0.1) is 5.52 Å². The molecule has 1 saturated carbocycles. The normalized spacial score (nSPS) is 23.7. The fourth-order valence-electron chi connectivity index (χ4n) is 2.78. The minimum atomic E-state index is -0.332. The molecule has 102 valence electrons. The van der Waals surface area contributed by atoms with Crippen LogP contribution >= 0.6 is 0 Å². The van der Waals surface area contributed by atoms with E-state index < -0.39 is 0 Å². The second kappa shape index (κ2) is 4.74. The lowest BCUT2D eigenvalue weighted by atomic mass is 9.91. The fourth-order valence-corrected chi connectivity index (χ4v) is 2.78. The van der Waals surface area contributed by atoms with E-state index in [0.29, 0.717) is 11.6 Å². The predicted molar refractivity (Wildman–Crippen MR) is 75.3 cm³/mol. The van der Waals surface area contributed by atoms with Gasteiger partial charge in [0.2, 0.25) is 0 Å². The topological polar surface area (TPSA) is 73.2 Å². The maximum atomic E-state index is 11.4. The van der Waals surface area contributed by atoms with Gasteiger partial charge in [-0.2, -0.15) is 0 Å². The number of hydrogen-bond donors (Lipinski definition) is 2. The van der Waals surface area contributed by atoms with Gasteiger partial charge in [-0.25, -0.2) is 4.79 Å². The van der Waals surface area contributed by atoms with Crippen molar-refractivity contribution in [2.24, 2.45) is 12.8 Å². The molecule has 3 N–H and O–H groups in total. The lowest BCUT2D eigenvalue weighted by Crippen LogP contribution is -2.42. The Bertz CT molecular complexity index is 644. The third-order valence-electron chi connectivity index (χ3n) is 3.96. The Labute approximate surface area is 111 Å². The van der Waals surface area contributed by atoms with Crippen LogP contribution in [0.25, 0.3) is 11.1 Å². The van der Waals surface area contributed by atoms with Crippen LogP contribution in [0, 0.1) is 0 Å². The van der Waals surface area contributed by atoms with E-state index in [-0.39, 0.29) is 11.8 Å². The van der Waals surface area contributed by atoms with Crippen LogP contribution in [0.5, 0.6) is 0 Å². The number of rotatable bonds is 2. The number of fused-ring (bicyclic) bond motifs is 1. The van der Waals surface area contributed by atoms with Gasteiger partial charge in [0, 0.05) is 30.9 Å². The van der Waals surface area contributed by atoms with E-state index in [1.165, 1.54) is 17.4 Å². The molecule has 0 aliphatic heterocycles. The maximum absolute atomic E-state index is 11.4. The van der Waals surface area contributed by atoms with Gasteiger partial charge in [-0.3, -0.25) is 4.57 Å². The van der Waals surface area contributed by atoms with Crippen LogP contribution in [0.4, 0.5) is 5.69 Å². The summed E-state index contributed by atoms with van der Waals surface area (Å²) in [6.07, 6.45) is 4.60. The van der Waals surface area contributed by atoms with Crippen molar-refractivity contribution in [3.05, 3.63) is 28.7 Å². The number of nitrogens with zero attached hydrogens (tertiary/aromatic N) is 1. The molecule has 2 atom stereocenters. The first-order valence-corrected chi connectivity index (χ1v) is 6.77. The number of oxazole rings is 1. The van der Waals surface area contributed by atoms with E-state index in [9.17, 15) is 4.79 Å². The number of benzene rings is 1. The summed E-state index contributed by atoms with van der Waals surface area (Å²) in [5, 5.41) is 3.46. The van der Waals surface area contributed by atoms with E-state index >= 15 is 0 Å². The number of aryl methyl sites for hydroxylation is 1. The van der Waals surface area contributed by atoms with Crippen molar-refractivity contribution in [3.8, 4) is 0 Å². The zero-order chi connectivity index (χ0) is 13.4. The summed E-state index contributed by atoms with van der Waals surface area (Å²) in [7, 11) is 1.71. The Morgan fingerprint density at radius 3 is 2.95 bits per heavy atom. The standard InChI is InChI=1S/C14H19N3O2/c1-17-12-7-6-9(8-13(12)19-14(17)18)16-11-5-3-2-4-10(11)15/h6-8,10-11,16H,2-5,15H2,1H3. The van der Waals surface area contributed by atoms with Crippen molar-refractivity contribution in [2.45, 2.75) is 37.8 Å². The molecule has 1 heterocycles. The van der Waals surface area contributed by atoms with Crippen molar-refractivity contribution < 1.29 is 4.42 Å². The number of aromatic nitrogens is 1. The molecule has 5 nitrogen and oxygen atoms in total. The van der Waals surface area contributed by atoms with E-state index in [2.05, 4.69) is 5.32 Å². The zero-order valence-electron chi connectivity index (χ0n) is 11.1. The third-order valence-corrected chi connectivity index (χ3v) is 3.96. The Hall–Kier alpha value is -1.75. The molecule has 1 aliphatic carbocycles. The van der Waals surface area contributed by atoms with Crippen LogP contribution < -0.4 is 16.8 Å². The van der Waals surface area contributed by atoms with Gasteiger partial charge >= 0.3 is 5.76 Å². The monoisotopic (exact) mass is 261 g/mol. The molecule has 2 unspecified atom stereocenters. The Morgan fingerprint density at radius 2 is 2.16 bits per heavy atom. The van der Waals surface area contributed by atoms with Crippen molar-refractivity contribution in [1.82, 2.24) is 4.57 Å². The van der Waals surface area contributed by atoms with Crippen LogP contribution in [0.3, 0.4) is 0 Å². The molecule has 1 aromatic heterocycles. The maximum Gasteiger partial charge on any atom is 0.419 e. The minimum absolute atomic E-state index is 0.201. The summed E-state index contributed by atoms with van der Waals surface area (Å²) in [5.74, 6) is -0.332. The molecule has 0 spiro atoms. The second-order valence-electron chi connectivity index (χ2n) is 5.31. The number of anilines is 1. The molecule has 19 heavy (non-hydrogen) atoms. The number of nitrogens with two attached hydrogens (primary N) is 1. The molecule has 0 saturated heterocycles. The zero-order valence-corrected chi connectivity index (χ0v) is 11.1. The van der Waals surface area contributed by atoms with E-state index in [0.717, 1.165) is 24.0 Å². The van der Waals surface area contributed by atoms with Crippen molar-refractivity contribution in [3.63, 3.8) is 0 Å². The highest BCUT2D eigenvalue weighted by molar-refractivity contribution is 5.77. The molecular formula is C14H19N3O2. The van der Waals surface area contributed by atoms with Crippen LogP contribution in [0.15, 0.2) is 27.4 Å². The lowest BCUT2D eigenvalue weighted by molar-refractivity contribution is 0.404. The highest BCUT2D eigenvalue weighted by atomic mass is 16.4. The highest BCUT2D eigenvalue weighted by Crippen LogP contribution is 2.23. The van der Waals surface area contributed by atoms with Crippen LogP contribution in [-0.4, -0.2) is 16.7 Å². The summed E-state index contributed by atoms with van der Waals surface area (Å²) < 4.78 is 6.70. The molecule has 2 aromatic rings. The summed E-state index contributed by atoms with van der Waals surface area (Å²) >= 11 is 0. The van der Waals surface area contributed by atoms with Crippen LogP contribution in [0.2, 0.25) is 0 Å². The average Bonchev–Trinajstić information content (AvgIpc) is 2.68. The van der Waals surface area contributed by atoms with Gasteiger partial charge < -0.3 is 15.5 Å². The quantitative estimate of drug-likeness (QED) is 0.864. The first kappa shape index (κ1) is 12.3. The molecular weight excluding hydrogens is 242 g/mol. The third kappa shape index (κ3) is 2.26. The number of nitrogens with one attached hydrogen (secondary N) is 1. The highest BCUT2D eigenvalue weighted by Gasteiger charge is 2.21. The fraction of sp³-hybridized carbons (Fsp3) is 0.500. The van der Waals surface area contributed by atoms with E-state index in [1.54, 1.807) is 7.05 Å². The van der Waals surface area contributed by atoms with Crippen molar-refractivity contribution >= 4 is 16.8 Å². The molecule has 1 aliphatic rings. The molecule has 5 heteroatoms. The summed E-state index contributed by atoms with van der Waals surface area (Å²) in [6.45, 7) is 0. The Morgan fingerprint density at radius 1 is 1.37 bits per heavy atom. The van der Waals surface area contributed by atoms with Crippen molar-refractivity contribution in [1.29, 1.82) is 0 Å². The van der Waals surface area contributed by atoms with Gasteiger partial charge in [-0.1, -0.05) is 12.8 Å². The Kier molecular flexibility index (Phi) is 3.06. The molecule has 3 rings (SSSR count). The molecule has 0 radical (unpaired) electrons. The lowest BCUT2D eigenvalue weighted by Gasteiger charge is -2.30. The van der Waals surface area contributed by atoms with Gasteiger partial charge in [0.1, 0.15) is 0 Å². The predicted octanol–water partition coefficient (Wildman–Crippen LogP) is 1.81. The van der Waals surface area contributed by atoms with Gasteiger partial charge in [-0.05, 0) is 25.0 Å². The second-order valence-corrected chi connectivity index (χ2v) is 5.31. The largest absolute Gasteiger partial charge is 0.419 e. The van der Waals surface area contributed by atoms with Crippen molar-refractivity contribution in [2.75, 3.05) is 5.32 Å². The average molecular weight is 261 g/mol. The Balaban J connectivity index is 1.87. The molecule has 1 aromatic carbocycles. The summed E-state index contributed by atoms with van der Waals surface area (Å²) in [5.41, 5.74) is 8.51. The van der Waals surface area contributed by atoms with Gasteiger partial charge in [0.15, 0.2) is 5.58 Å². The summed E-state index contributed by atoms with van der Waals surface area (Å²) in [4.78, 5) is 11.4. The van der Waals surface area contributed by atoms with E-state index in [1.807, 2.05) is 18.2 Å². The number of hydrogen-bond acceptors (Lipinski definition) is 4. The summed E-state index contributed by atoms with van der Waals surface area (Å²) in [6, 6.07) is 6.25. The SMILES string of the molecule is Cn1c(=O)oc2cc(NC3CCCCC3N)ccc21. The first-order valence-electron chi connectivity index (χ1n) is 6.77. The van der Waals surface area contributed by atoms with Crippen LogP contribution in [-0.2, 0) is 7.05 Å². The molecule has 0 bridgehead atoms. The molecule has 0 amide bonds. The minimum Gasteiger partial charge on any atom is -0.408 e. The van der Waals surface area contributed by atoms with Gasteiger partial charge in [-0.15, -0.1) is 0 Å². The molecule has 1 fully saturated rings. The first-order chi connectivity index (χ1) is 9.15. The van der Waals surface area contributed by atoms with E-state index in [4.69, 9.17) is 10.2 Å². The van der Waals surface area contributed by atoms with Gasteiger partial charge in [0.25, 0.3) is 0 Å².